The molecular weight excluding hydrogens is 246 g/mol. The van der Waals surface area contributed by atoms with Crippen molar-refractivity contribution in [1.29, 1.82) is 0 Å². The second-order valence-corrected chi connectivity index (χ2v) is 5.30. The zero-order valence-corrected chi connectivity index (χ0v) is 11.6. The maximum atomic E-state index is 14.0. The maximum Gasteiger partial charge on any atom is 0.128 e. The highest BCUT2D eigenvalue weighted by Crippen LogP contribution is 2.36. The van der Waals surface area contributed by atoms with Gasteiger partial charge in [-0.1, -0.05) is 6.92 Å². The molecule has 1 aliphatic heterocycles. The molecule has 2 atom stereocenters. The van der Waals surface area contributed by atoms with Gasteiger partial charge in [0.15, 0.2) is 0 Å². The summed E-state index contributed by atoms with van der Waals surface area (Å²) in [6, 6.07) is 3.72. The van der Waals surface area contributed by atoms with Crippen molar-refractivity contribution in [3.05, 3.63) is 35.4 Å². The van der Waals surface area contributed by atoms with Crippen LogP contribution in [0.2, 0.25) is 0 Å². The minimum Gasteiger partial charge on any atom is -0.317 e. The third-order valence-electron chi connectivity index (χ3n) is 3.94. The fraction of sp³-hybridized carbons (Fsp3) is 0.600. The fourth-order valence-electron chi connectivity index (χ4n) is 3.04. The summed E-state index contributed by atoms with van der Waals surface area (Å²) in [7, 11) is 1.99. The molecular formula is C15H22F2N2. The molecule has 0 aromatic heterocycles. The van der Waals surface area contributed by atoms with Crippen molar-refractivity contribution in [2.45, 2.75) is 25.8 Å². The van der Waals surface area contributed by atoms with Gasteiger partial charge in [-0.3, -0.25) is 4.90 Å². The fourth-order valence-corrected chi connectivity index (χ4v) is 3.04. The minimum absolute atomic E-state index is 0.0384. The molecule has 19 heavy (non-hydrogen) atoms. The van der Waals surface area contributed by atoms with Crippen molar-refractivity contribution in [1.82, 2.24) is 10.2 Å². The first-order valence-electron chi connectivity index (χ1n) is 6.99. The first-order valence-corrected chi connectivity index (χ1v) is 6.99. The topological polar surface area (TPSA) is 15.3 Å². The normalized spacial score (nSPS) is 24.6. The average Bonchev–Trinajstić information content (AvgIpc) is 2.39. The van der Waals surface area contributed by atoms with Gasteiger partial charge in [0.1, 0.15) is 11.6 Å². The van der Waals surface area contributed by atoms with E-state index in [0.29, 0.717) is 11.5 Å². The summed E-state index contributed by atoms with van der Waals surface area (Å²) >= 11 is 0. The van der Waals surface area contributed by atoms with Crippen molar-refractivity contribution in [2.75, 3.05) is 26.7 Å². The Kier molecular flexibility index (Phi) is 4.88. The molecule has 1 saturated heterocycles. The van der Waals surface area contributed by atoms with Crippen LogP contribution in [0.4, 0.5) is 8.78 Å². The zero-order valence-electron chi connectivity index (χ0n) is 11.6. The molecule has 0 bridgehead atoms. The van der Waals surface area contributed by atoms with Crippen molar-refractivity contribution in [2.24, 2.45) is 5.92 Å². The Balaban J connectivity index is 2.27. The van der Waals surface area contributed by atoms with Gasteiger partial charge in [0.2, 0.25) is 0 Å². The van der Waals surface area contributed by atoms with E-state index in [1.54, 1.807) is 0 Å². The summed E-state index contributed by atoms with van der Waals surface area (Å²) in [6.45, 7) is 4.74. The lowest BCUT2D eigenvalue weighted by atomic mass is 9.84. The summed E-state index contributed by atoms with van der Waals surface area (Å²) in [4.78, 5) is 2.14. The third kappa shape index (κ3) is 3.31. The van der Waals surface area contributed by atoms with Crippen LogP contribution in [0, 0.1) is 17.6 Å². The highest BCUT2D eigenvalue weighted by molar-refractivity contribution is 5.23. The molecule has 2 nitrogen and oxygen atoms in total. The third-order valence-corrected chi connectivity index (χ3v) is 3.94. The molecule has 0 radical (unpaired) electrons. The van der Waals surface area contributed by atoms with Gasteiger partial charge in [-0.05, 0) is 63.6 Å². The summed E-state index contributed by atoms with van der Waals surface area (Å²) in [5, 5.41) is 3.33. The van der Waals surface area contributed by atoms with Gasteiger partial charge < -0.3 is 5.32 Å². The van der Waals surface area contributed by atoms with Crippen molar-refractivity contribution < 1.29 is 8.78 Å². The van der Waals surface area contributed by atoms with Crippen LogP contribution < -0.4 is 5.32 Å². The quantitative estimate of drug-likeness (QED) is 0.903. The zero-order chi connectivity index (χ0) is 13.8. The minimum atomic E-state index is -0.363. The number of piperidine rings is 1. The van der Waals surface area contributed by atoms with E-state index in [1.165, 1.54) is 18.2 Å². The van der Waals surface area contributed by atoms with Crippen LogP contribution >= 0.6 is 0 Å². The largest absolute Gasteiger partial charge is 0.317 e. The van der Waals surface area contributed by atoms with Crippen LogP contribution in [0.1, 0.15) is 31.4 Å². The van der Waals surface area contributed by atoms with Crippen LogP contribution in [-0.2, 0) is 0 Å². The number of hydrogen-bond donors (Lipinski definition) is 1. The van der Waals surface area contributed by atoms with Gasteiger partial charge in [0, 0.05) is 11.6 Å². The van der Waals surface area contributed by atoms with E-state index in [9.17, 15) is 8.78 Å². The van der Waals surface area contributed by atoms with Gasteiger partial charge in [0.25, 0.3) is 0 Å². The summed E-state index contributed by atoms with van der Waals surface area (Å²) < 4.78 is 27.4. The predicted octanol–water partition coefficient (Wildman–Crippen LogP) is 2.96. The van der Waals surface area contributed by atoms with E-state index >= 15 is 0 Å². The van der Waals surface area contributed by atoms with Crippen LogP contribution in [0.15, 0.2) is 18.2 Å². The van der Waals surface area contributed by atoms with Gasteiger partial charge >= 0.3 is 0 Å². The number of nitrogens with zero attached hydrogens (tertiary/aromatic N) is 1. The molecule has 1 aromatic rings. The first kappa shape index (κ1) is 14.4. The van der Waals surface area contributed by atoms with Gasteiger partial charge in [-0.2, -0.15) is 0 Å². The number of benzene rings is 1. The molecule has 1 N–H and O–H groups in total. The van der Waals surface area contributed by atoms with Crippen molar-refractivity contribution in [3.63, 3.8) is 0 Å². The monoisotopic (exact) mass is 268 g/mol. The molecule has 0 aliphatic carbocycles. The van der Waals surface area contributed by atoms with E-state index in [0.717, 1.165) is 32.5 Å². The van der Waals surface area contributed by atoms with Crippen LogP contribution in [0.5, 0.6) is 0 Å². The Bertz CT molecular complexity index is 423. The van der Waals surface area contributed by atoms with Crippen LogP contribution in [0.3, 0.4) is 0 Å². The number of rotatable bonds is 4. The number of nitrogens with one attached hydrogen (secondary N) is 1. The highest BCUT2D eigenvalue weighted by atomic mass is 19.1. The lowest BCUT2D eigenvalue weighted by molar-refractivity contribution is 0.116. The van der Waals surface area contributed by atoms with Crippen molar-refractivity contribution in [3.8, 4) is 0 Å². The Morgan fingerprint density at radius 3 is 2.89 bits per heavy atom. The molecule has 106 valence electrons. The van der Waals surface area contributed by atoms with Gasteiger partial charge in [-0.25, -0.2) is 8.78 Å². The Morgan fingerprint density at radius 2 is 2.16 bits per heavy atom. The second kappa shape index (κ2) is 6.44. The SMILES string of the molecule is CCNCC1CCCN(C)C1c1cc(F)ccc1F. The molecule has 2 rings (SSSR count). The lowest BCUT2D eigenvalue weighted by Gasteiger charge is -2.39. The number of hydrogen-bond acceptors (Lipinski definition) is 2. The second-order valence-electron chi connectivity index (χ2n) is 5.30. The molecule has 1 fully saturated rings. The Morgan fingerprint density at radius 1 is 1.37 bits per heavy atom. The van der Waals surface area contributed by atoms with E-state index in [1.807, 2.05) is 7.05 Å². The Hall–Kier alpha value is -1.00. The first-order chi connectivity index (χ1) is 9.13. The average molecular weight is 268 g/mol. The smallest absolute Gasteiger partial charge is 0.128 e. The highest BCUT2D eigenvalue weighted by Gasteiger charge is 2.32. The lowest BCUT2D eigenvalue weighted by Crippen LogP contribution is -2.41. The molecule has 2 unspecified atom stereocenters. The molecule has 1 aromatic carbocycles. The van der Waals surface area contributed by atoms with E-state index in [4.69, 9.17) is 0 Å². The molecule has 0 amide bonds. The van der Waals surface area contributed by atoms with Gasteiger partial charge in [-0.15, -0.1) is 0 Å². The van der Waals surface area contributed by atoms with E-state index in [-0.39, 0.29) is 17.7 Å². The van der Waals surface area contributed by atoms with E-state index in [2.05, 4.69) is 17.1 Å². The maximum absolute atomic E-state index is 14.0. The standard InChI is InChI=1S/C15H22F2N2/c1-3-18-10-11-5-4-8-19(2)15(11)13-9-12(16)6-7-14(13)17/h6-7,9,11,15,18H,3-5,8,10H2,1-2H3. The number of likely N-dealkylation sites (tertiary alicyclic amines) is 1. The van der Waals surface area contributed by atoms with Crippen LogP contribution in [-0.4, -0.2) is 31.6 Å². The molecule has 1 heterocycles. The summed E-state index contributed by atoms with van der Waals surface area (Å²) in [5.41, 5.74) is 0.491. The van der Waals surface area contributed by atoms with E-state index < -0.39 is 0 Å². The van der Waals surface area contributed by atoms with Crippen LogP contribution in [0.25, 0.3) is 0 Å². The molecule has 1 aliphatic rings. The van der Waals surface area contributed by atoms with Crippen molar-refractivity contribution >= 4 is 0 Å². The Labute approximate surface area is 113 Å². The van der Waals surface area contributed by atoms with Gasteiger partial charge in [0.05, 0.1) is 0 Å². The predicted molar refractivity (Wildman–Crippen MR) is 73.0 cm³/mol. The molecule has 0 spiro atoms. The summed E-state index contributed by atoms with van der Waals surface area (Å²) in [5.74, 6) is -0.339. The molecule has 4 heteroatoms. The molecule has 0 saturated carbocycles. The summed E-state index contributed by atoms with van der Waals surface area (Å²) in [6.07, 6.45) is 2.16. The number of halogens is 2.